The van der Waals surface area contributed by atoms with E-state index < -0.39 is 5.41 Å². The van der Waals surface area contributed by atoms with Crippen LogP contribution in [-0.4, -0.2) is 9.97 Å². The molecule has 1 spiro atoms. The molecule has 11 rings (SSSR count). The van der Waals surface area contributed by atoms with E-state index in [9.17, 15) is 0 Å². The molecule has 264 valence electrons. The third-order valence-corrected chi connectivity index (χ3v) is 11.6. The average Bonchev–Trinajstić information content (AvgIpc) is 3.57. The number of aromatic nitrogens is 2. The van der Waals surface area contributed by atoms with Gasteiger partial charge in [-0.1, -0.05) is 170 Å². The van der Waals surface area contributed by atoms with E-state index >= 15 is 0 Å². The summed E-state index contributed by atoms with van der Waals surface area (Å²) in [6.07, 6.45) is 8.77. The first kappa shape index (κ1) is 32.3. The van der Waals surface area contributed by atoms with Crippen molar-refractivity contribution in [3.8, 4) is 67.5 Å². The molecule has 0 saturated carbocycles. The standard InChI is InChI=1S/C53H36N2O/c1-3-13-38(14-4-1)48-34-49(39-15-5-2-6-16-39)55-52(54-48)40-29-27-36(28-30-40)35-23-25-37(26-24-35)41-31-32-51-47(33-41)53(46-21-11-12-22-50(46)56-51)44-19-9-7-17-42(44)43-18-8-10-20-45(43)53/h1,3-5,7-34H,2,6H2. The fourth-order valence-corrected chi connectivity index (χ4v) is 8.99. The zero-order valence-electron chi connectivity index (χ0n) is 30.7. The topological polar surface area (TPSA) is 35.0 Å². The van der Waals surface area contributed by atoms with Gasteiger partial charge in [0.05, 0.1) is 16.8 Å². The Balaban J connectivity index is 0.946. The van der Waals surface area contributed by atoms with Crippen LogP contribution >= 0.6 is 0 Å². The number of allylic oxidation sites excluding steroid dienone is 4. The molecule has 0 N–H and O–H groups in total. The molecule has 56 heavy (non-hydrogen) atoms. The van der Waals surface area contributed by atoms with Crippen molar-refractivity contribution in [1.82, 2.24) is 9.97 Å². The van der Waals surface area contributed by atoms with E-state index in [4.69, 9.17) is 14.7 Å². The monoisotopic (exact) mass is 716 g/mol. The number of para-hydroxylation sites is 1. The van der Waals surface area contributed by atoms with Crippen LogP contribution in [0.15, 0.2) is 194 Å². The summed E-state index contributed by atoms with van der Waals surface area (Å²) in [6, 6.07) is 63.0. The highest BCUT2D eigenvalue weighted by molar-refractivity contribution is 5.89. The molecular weight excluding hydrogens is 681 g/mol. The molecule has 0 fully saturated rings. The van der Waals surface area contributed by atoms with Crippen LogP contribution in [0.3, 0.4) is 0 Å². The van der Waals surface area contributed by atoms with Crippen LogP contribution in [0.4, 0.5) is 0 Å². The highest BCUT2D eigenvalue weighted by atomic mass is 16.5. The van der Waals surface area contributed by atoms with Gasteiger partial charge < -0.3 is 4.74 Å². The van der Waals surface area contributed by atoms with Gasteiger partial charge in [-0.2, -0.15) is 0 Å². The first-order valence-electron chi connectivity index (χ1n) is 19.4. The van der Waals surface area contributed by atoms with Crippen LogP contribution in [0, 0.1) is 0 Å². The van der Waals surface area contributed by atoms with Gasteiger partial charge in [0, 0.05) is 22.3 Å². The molecule has 7 aromatic carbocycles. The lowest BCUT2D eigenvalue weighted by Gasteiger charge is -2.39. The van der Waals surface area contributed by atoms with Crippen LogP contribution in [0.1, 0.15) is 40.8 Å². The second kappa shape index (κ2) is 13.0. The summed E-state index contributed by atoms with van der Waals surface area (Å²) >= 11 is 0. The minimum absolute atomic E-state index is 0.482. The van der Waals surface area contributed by atoms with E-state index in [1.165, 1.54) is 33.4 Å². The Bertz CT molecular complexity index is 2820. The first-order valence-corrected chi connectivity index (χ1v) is 19.4. The molecule has 2 aliphatic carbocycles. The fourth-order valence-electron chi connectivity index (χ4n) is 8.99. The van der Waals surface area contributed by atoms with Crippen molar-refractivity contribution in [3.63, 3.8) is 0 Å². The molecule has 3 heteroatoms. The predicted octanol–water partition coefficient (Wildman–Crippen LogP) is 13.3. The van der Waals surface area contributed by atoms with E-state index in [0.29, 0.717) is 0 Å². The summed E-state index contributed by atoms with van der Waals surface area (Å²) < 4.78 is 6.66. The number of rotatable bonds is 5. The second-order valence-electron chi connectivity index (χ2n) is 14.8. The largest absolute Gasteiger partial charge is 0.457 e. The molecule has 1 aliphatic heterocycles. The smallest absolute Gasteiger partial charge is 0.160 e. The van der Waals surface area contributed by atoms with Crippen molar-refractivity contribution >= 4 is 5.57 Å². The van der Waals surface area contributed by atoms with Gasteiger partial charge in [-0.15, -0.1) is 0 Å². The second-order valence-corrected chi connectivity index (χ2v) is 14.8. The van der Waals surface area contributed by atoms with Gasteiger partial charge in [0.1, 0.15) is 11.5 Å². The lowest BCUT2D eigenvalue weighted by molar-refractivity contribution is 0.436. The minimum atomic E-state index is -0.482. The number of fused-ring (bicyclic) bond motifs is 9. The van der Waals surface area contributed by atoms with Gasteiger partial charge in [-0.3, -0.25) is 0 Å². The summed E-state index contributed by atoms with van der Waals surface area (Å²) in [5.41, 5.74) is 16.7. The quantitative estimate of drug-likeness (QED) is 0.178. The molecular formula is C53H36N2O. The Morgan fingerprint density at radius 1 is 0.411 bits per heavy atom. The number of hydrogen-bond acceptors (Lipinski definition) is 3. The molecule has 2 heterocycles. The highest BCUT2D eigenvalue weighted by Crippen LogP contribution is 2.62. The van der Waals surface area contributed by atoms with Gasteiger partial charge in [0.25, 0.3) is 0 Å². The molecule has 3 aliphatic rings. The van der Waals surface area contributed by atoms with Gasteiger partial charge in [0.15, 0.2) is 5.82 Å². The van der Waals surface area contributed by atoms with Crippen molar-refractivity contribution in [2.24, 2.45) is 0 Å². The SMILES string of the molecule is C1=CC(c2cc(-c3ccccc3)nc(-c3ccc(-c4ccc(-c5ccc6c(c5)C5(c7ccccc7O6)c6ccccc6-c6ccccc65)cc4)cc3)n2)=CCC1. The highest BCUT2D eigenvalue weighted by Gasteiger charge is 2.51. The van der Waals surface area contributed by atoms with Crippen molar-refractivity contribution in [3.05, 3.63) is 222 Å². The Hall–Kier alpha value is -7.10. The Kier molecular flexibility index (Phi) is 7.53. The molecule has 0 radical (unpaired) electrons. The van der Waals surface area contributed by atoms with Gasteiger partial charge in [-0.25, -0.2) is 9.97 Å². The molecule has 8 aromatic rings. The van der Waals surface area contributed by atoms with E-state index in [0.717, 1.165) is 80.5 Å². The van der Waals surface area contributed by atoms with E-state index in [1.807, 2.05) is 6.07 Å². The maximum atomic E-state index is 6.66. The normalized spacial score (nSPS) is 14.2. The summed E-state index contributed by atoms with van der Waals surface area (Å²) in [5, 5.41) is 0. The minimum Gasteiger partial charge on any atom is -0.457 e. The van der Waals surface area contributed by atoms with Crippen molar-refractivity contribution in [2.45, 2.75) is 18.3 Å². The third-order valence-electron chi connectivity index (χ3n) is 11.6. The van der Waals surface area contributed by atoms with Crippen LogP contribution < -0.4 is 4.74 Å². The lowest BCUT2D eigenvalue weighted by atomic mass is 9.66. The molecule has 1 aromatic heterocycles. The summed E-state index contributed by atoms with van der Waals surface area (Å²) in [4.78, 5) is 10.1. The van der Waals surface area contributed by atoms with Crippen LogP contribution in [-0.2, 0) is 5.41 Å². The Morgan fingerprint density at radius 2 is 0.964 bits per heavy atom. The number of nitrogens with zero attached hydrogens (tertiary/aromatic N) is 2. The predicted molar refractivity (Wildman–Crippen MR) is 228 cm³/mol. The number of ether oxygens (including phenoxy) is 1. The van der Waals surface area contributed by atoms with E-state index in [-0.39, 0.29) is 0 Å². The van der Waals surface area contributed by atoms with E-state index in [2.05, 4.69) is 188 Å². The van der Waals surface area contributed by atoms with E-state index in [1.54, 1.807) is 0 Å². The fraction of sp³-hybridized carbons (Fsp3) is 0.0566. The van der Waals surface area contributed by atoms with Gasteiger partial charge in [0.2, 0.25) is 0 Å². The van der Waals surface area contributed by atoms with Crippen molar-refractivity contribution < 1.29 is 4.74 Å². The summed E-state index contributed by atoms with van der Waals surface area (Å²) in [5.74, 6) is 2.53. The Labute approximate surface area is 327 Å². The van der Waals surface area contributed by atoms with Crippen molar-refractivity contribution in [2.75, 3.05) is 0 Å². The zero-order valence-corrected chi connectivity index (χ0v) is 30.7. The summed E-state index contributed by atoms with van der Waals surface area (Å²) in [6.45, 7) is 0. The molecule has 0 bridgehead atoms. The first-order chi connectivity index (χ1) is 27.7. The van der Waals surface area contributed by atoms with Gasteiger partial charge >= 0.3 is 0 Å². The van der Waals surface area contributed by atoms with Gasteiger partial charge in [-0.05, 0) is 87.2 Å². The molecule has 0 amide bonds. The number of hydrogen-bond donors (Lipinski definition) is 0. The summed E-state index contributed by atoms with van der Waals surface area (Å²) in [7, 11) is 0. The van der Waals surface area contributed by atoms with Crippen LogP contribution in [0.2, 0.25) is 0 Å². The molecule has 0 atom stereocenters. The van der Waals surface area contributed by atoms with Crippen molar-refractivity contribution in [1.29, 1.82) is 0 Å². The average molecular weight is 717 g/mol. The number of benzene rings is 7. The zero-order chi connectivity index (χ0) is 37.1. The molecule has 3 nitrogen and oxygen atoms in total. The molecule has 0 unspecified atom stereocenters. The maximum absolute atomic E-state index is 6.66. The third kappa shape index (κ3) is 5.12. The van der Waals surface area contributed by atoms with Crippen LogP contribution in [0.5, 0.6) is 11.5 Å². The maximum Gasteiger partial charge on any atom is 0.160 e. The molecule has 0 saturated heterocycles. The lowest BCUT2D eigenvalue weighted by Crippen LogP contribution is -2.32. The Morgan fingerprint density at radius 3 is 1.64 bits per heavy atom. The van der Waals surface area contributed by atoms with Crippen LogP contribution in [0.25, 0.3) is 61.6 Å².